The first kappa shape index (κ1) is 26.4. The van der Waals surface area contributed by atoms with E-state index in [9.17, 15) is 23.1 Å². The summed E-state index contributed by atoms with van der Waals surface area (Å²) in [5, 5.41) is 9.78. The van der Waals surface area contributed by atoms with E-state index in [2.05, 4.69) is 0 Å². The van der Waals surface area contributed by atoms with Crippen LogP contribution in [0, 0.1) is 5.41 Å². The van der Waals surface area contributed by atoms with Crippen LogP contribution in [-0.2, 0) is 35.2 Å². The summed E-state index contributed by atoms with van der Waals surface area (Å²) in [7, 11) is -0.982. The number of alkyl halides is 1. The zero-order chi connectivity index (χ0) is 22.9. The third-order valence-electron chi connectivity index (χ3n) is 4.64. The monoisotopic (exact) mass is 463 g/mol. The van der Waals surface area contributed by atoms with Crippen molar-refractivity contribution < 1.29 is 32.0 Å². The van der Waals surface area contributed by atoms with Gasteiger partial charge in [-0.2, -0.15) is 8.42 Å². The number of carboxylic acid groups (broad SMARTS) is 1. The highest BCUT2D eigenvalue weighted by Gasteiger charge is 2.46. The van der Waals surface area contributed by atoms with E-state index in [-0.39, 0.29) is 31.1 Å². The molecule has 0 fully saturated rings. The SMILES string of the molecule is CN(C)C(=O)CC(OS(=O)(=O)CCCCl)C(C)(C)[C@@H](OCc1ccccc1)C(=O)O. The molecule has 1 unspecified atom stereocenters. The number of hydrogen-bond acceptors (Lipinski definition) is 6. The molecule has 0 radical (unpaired) electrons. The van der Waals surface area contributed by atoms with Gasteiger partial charge in [-0.15, -0.1) is 11.6 Å². The molecule has 0 aliphatic rings. The number of carbonyl (C=O) groups excluding carboxylic acids is 1. The summed E-state index contributed by atoms with van der Waals surface area (Å²) in [6, 6.07) is 8.98. The number of rotatable bonds is 13. The highest BCUT2D eigenvalue weighted by molar-refractivity contribution is 7.86. The fourth-order valence-corrected chi connectivity index (χ4v) is 4.30. The van der Waals surface area contributed by atoms with Crippen LogP contribution in [0.3, 0.4) is 0 Å². The highest BCUT2D eigenvalue weighted by Crippen LogP contribution is 2.34. The molecule has 1 amide bonds. The summed E-state index contributed by atoms with van der Waals surface area (Å²) in [6.07, 6.45) is -2.81. The molecule has 0 aromatic heterocycles. The molecule has 0 aliphatic carbocycles. The van der Waals surface area contributed by atoms with Crippen molar-refractivity contribution in [3.8, 4) is 0 Å². The molecule has 2 atom stereocenters. The van der Waals surface area contributed by atoms with Gasteiger partial charge in [-0.25, -0.2) is 4.79 Å². The maximum atomic E-state index is 12.4. The van der Waals surface area contributed by atoms with Gasteiger partial charge in [-0.1, -0.05) is 44.2 Å². The van der Waals surface area contributed by atoms with Crippen molar-refractivity contribution in [3.05, 3.63) is 35.9 Å². The zero-order valence-corrected chi connectivity index (χ0v) is 19.3. The summed E-state index contributed by atoms with van der Waals surface area (Å²) in [6.45, 7) is 3.04. The molecule has 10 heteroatoms. The second kappa shape index (κ2) is 11.6. The van der Waals surface area contributed by atoms with Gasteiger partial charge in [0.15, 0.2) is 6.10 Å². The maximum Gasteiger partial charge on any atom is 0.333 e. The van der Waals surface area contributed by atoms with Crippen LogP contribution in [0.25, 0.3) is 0 Å². The van der Waals surface area contributed by atoms with Crippen molar-refractivity contribution >= 4 is 33.6 Å². The van der Waals surface area contributed by atoms with Crippen LogP contribution < -0.4 is 0 Å². The molecule has 1 N–H and O–H groups in total. The number of benzene rings is 1. The van der Waals surface area contributed by atoms with E-state index < -0.39 is 39.6 Å². The smallest absolute Gasteiger partial charge is 0.333 e. The number of halogens is 1. The average Bonchev–Trinajstić information content (AvgIpc) is 2.66. The van der Waals surface area contributed by atoms with Gasteiger partial charge in [0.1, 0.15) is 0 Å². The van der Waals surface area contributed by atoms with Gasteiger partial charge >= 0.3 is 5.97 Å². The number of nitrogens with zero attached hydrogens (tertiary/aromatic N) is 1. The van der Waals surface area contributed by atoms with E-state index in [1.54, 1.807) is 24.3 Å². The second-order valence-electron chi connectivity index (χ2n) is 7.72. The van der Waals surface area contributed by atoms with Gasteiger partial charge in [-0.05, 0) is 12.0 Å². The fraction of sp³-hybridized carbons (Fsp3) is 0.600. The number of carboxylic acids is 1. The van der Waals surface area contributed by atoms with E-state index >= 15 is 0 Å². The van der Waals surface area contributed by atoms with Crippen molar-refractivity contribution in [3.63, 3.8) is 0 Å². The molecular formula is C20H30ClNO7S. The van der Waals surface area contributed by atoms with Gasteiger partial charge in [0.2, 0.25) is 5.91 Å². The molecular weight excluding hydrogens is 434 g/mol. The van der Waals surface area contributed by atoms with Crippen molar-refractivity contribution in [1.82, 2.24) is 4.90 Å². The van der Waals surface area contributed by atoms with Crippen LogP contribution in [0.5, 0.6) is 0 Å². The molecule has 8 nitrogen and oxygen atoms in total. The number of carbonyl (C=O) groups is 2. The topological polar surface area (TPSA) is 110 Å². The molecule has 1 aromatic carbocycles. The van der Waals surface area contributed by atoms with Crippen LogP contribution in [-0.4, -0.2) is 68.2 Å². The van der Waals surface area contributed by atoms with E-state index in [0.29, 0.717) is 0 Å². The van der Waals surface area contributed by atoms with Crippen LogP contribution in [0.4, 0.5) is 0 Å². The van der Waals surface area contributed by atoms with Crippen LogP contribution in [0.15, 0.2) is 30.3 Å². The average molecular weight is 464 g/mol. The van der Waals surface area contributed by atoms with Gasteiger partial charge in [0.05, 0.1) is 24.9 Å². The Labute approximate surface area is 183 Å². The van der Waals surface area contributed by atoms with Crippen molar-refractivity contribution in [2.75, 3.05) is 25.7 Å². The van der Waals surface area contributed by atoms with Crippen molar-refractivity contribution in [1.29, 1.82) is 0 Å². The fourth-order valence-electron chi connectivity index (χ4n) is 2.75. The Morgan fingerprint density at radius 2 is 1.80 bits per heavy atom. The minimum Gasteiger partial charge on any atom is -0.479 e. The molecule has 1 rings (SSSR count). The van der Waals surface area contributed by atoms with Gasteiger partial charge < -0.3 is 14.7 Å². The van der Waals surface area contributed by atoms with E-state index in [4.69, 9.17) is 20.5 Å². The molecule has 0 saturated carbocycles. The van der Waals surface area contributed by atoms with Crippen molar-refractivity contribution in [2.24, 2.45) is 5.41 Å². The Kier molecular flexibility index (Phi) is 10.2. The summed E-state index contributed by atoms with van der Waals surface area (Å²) >= 11 is 5.57. The lowest BCUT2D eigenvalue weighted by Gasteiger charge is -2.38. The second-order valence-corrected chi connectivity index (χ2v) is 9.81. The lowest BCUT2D eigenvalue weighted by molar-refractivity contribution is -0.168. The molecule has 0 aliphatic heterocycles. The highest BCUT2D eigenvalue weighted by atomic mass is 35.5. The molecule has 0 saturated heterocycles. The summed E-state index contributed by atoms with van der Waals surface area (Å²) in [5.41, 5.74) is -0.587. The summed E-state index contributed by atoms with van der Waals surface area (Å²) < 4.78 is 35.7. The van der Waals surface area contributed by atoms with E-state index in [1.807, 2.05) is 6.07 Å². The van der Waals surface area contributed by atoms with E-state index in [0.717, 1.165) is 5.56 Å². The Balaban J connectivity index is 3.16. The molecule has 0 heterocycles. The molecule has 0 bridgehead atoms. The lowest BCUT2D eigenvalue weighted by atomic mass is 9.79. The van der Waals surface area contributed by atoms with Crippen LogP contribution >= 0.6 is 11.6 Å². The Hall–Kier alpha value is -1.68. The van der Waals surface area contributed by atoms with Crippen LogP contribution in [0.2, 0.25) is 0 Å². The Morgan fingerprint density at radius 3 is 2.30 bits per heavy atom. The quantitative estimate of drug-likeness (QED) is 0.353. The minimum absolute atomic E-state index is 0.00851. The normalized spacial score (nSPS) is 14.2. The third kappa shape index (κ3) is 8.22. The number of hydrogen-bond donors (Lipinski definition) is 1. The number of aliphatic carboxylic acids is 1. The minimum atomic E-state index is -4.03. The third-order valence-corrected chi connectivity index (χ3v) is 6.22. The first-order chi connectivity index (χ1) is 13.9. The van der Waals surface area contributed by atoms with Gasteiger partial charge in [0, 0.05) is 25.4 Å². The number of ether oxygens (including phenoxy) is 1. The first-order valence-corrected chi connectivity index (χ1v) is 11.6. The zero-order valence-electron chi connectivity index (χ0n) is 17.7. The Bertz CT molecular complexity index is 797. The van der Waals surface area contributed by atoms with Crippen LogP contribution in [0.1, 0.15) is 32.3 Å². The van der Waals surface area contributed by atoms with E-state index in [1.165, 1.54) is 32.8 Å². The molecule has 170 valence electrons. The standard InChI is InChI=1S/C20H30ClNO7S/c1-20(2,18(19(24)25)28-14-15-9-6-5-7-10-15)16(13-17(23)22(3)4)29-30(26,27)12-8-11-21/h5-7,9-10,16,18H,8,11-14H2,1-4H3,(H,24,25)/t16?,18-/m0/s1. The van der Waals surface area contributed by atoms with Crippen molar-refractivity contribution in [2.45, 2.75) is 45.5 Å². The molecule has 0 spiro atoms. The molecule has 1 aromatic rings. The van der Waals surface area contributed by atoms with Gasteiger partial charge in [-0.3, -0.25) is 8.98 Å². The summed E-state index contributed by atoms with van der Waals surface area (Å²) in [5.74, 6) is -1.87. The predicted octanol–water partition coefficient (Wildman–Crippen LogP) is 2.50. The number of amides is 1. The first-order valence-electron chi connectivity index (χ1n) is 9.46. The molecule has 30 heavy (non-hydrogen) atoms. The van der Waals surface area contributed by atoms with Gasteiger partial charge in [0.25, 0.3) is 10.1 Å². The summed E-state index contributed by atoms with van der Waals surface area (Å²) in [4.78, 5) is 25.6. The largest absolute Gasteiger partial charge is 0.479 e. The predicted molar refractivity (Wildman–Crippen MR) is 114 cm³/mol. The maximum absolute atomic E-state index is 12.4. The Morgan fingerprint density at radius 1 is 1.20 bits per heavy atom. The lowest BCUT2D eigenvalue weighted by Crippen LogP contribution is -2.49.